The van der Waals surface area contributed by atoms with Crippen LogP contribution in [0.5, 0.6) is 0 Å². The smallest absolute Gasteiger partial charge is 0.199 e. The van der Waals surface area contributed by atoms with Crippen molar-refractivity contribution in [2.24, 2.45) is 0 Å². The third-order valence-electron chi connectivity index (χ3n) is 4.72. The Morgan fingerprint density at radius 2 is 1.58 bits per heavy atom. The fourth-order valence-electron chi connectivity index (χ4n) is 3.18. The zero-order chi connectivity index (χ0) is 17.4. The highest BCUT2D eigenvalue weighted by molar-refractivity contribution is 5.66. The minimum atomic E-state index is -4.09. The second kappa shape index (κ2) is 6.23. The average Bonchev–Trinajstić information content (AvgIpc) is 2.57. The van der Waals surface area contributed by atoms with E-state index in [1.165, 1.54) is 11.6 Å². The predicted octanol–water partition coefficient (Wildman–Crippen LogP) is 6.37. The summed E-state index contributed by atoms with van der Waals surface area (Å²) in [5, 5.41) is 0. The van der Waals surface area contributed by atoms with Crippen LogP contribution in [0.4, 0.5) is 17.6 Å². The maximum Gasteiger partial charge on any atom is 0.335 e. The standard InChI is InChI=1S/C20H20F4/c1-2-3-4-14-5-7-15(8-6-14)16-9-10-18-17(13-16)11-12-19(21,22)20(18,23)24/h5-10,13H,2-4,11-12H2,1H3. The van der Waals surface area contributed by atoms with Gasteiger partial charge in [0.25, 0.3) is 0 Å². The van der Waals surface area contributed by atoms with Crippen molar-refractivity contribution in [1.29, 1.82) is 0 Å². The van der Waals surface area contributed by atoms with Gasteiger partial charge in [0.15, 0.2) is 0 Å². The summed E-state index contributed by atoms with van der Waals surface area (Å²) < 4.78 is 54.8. The number of unbranched alkanes of at least 4 members (excludes halogenated alkanes) is 1. The molecule has 0 unspecified atom stereocenters. The van der Waals surface area contributed by atoms with Gasteiger partial charge < -0.3 is 0 Å². The lowest BCUT2D eigenvalue weighted by atomic mass is 9.84. The van der Waals surface area contributed by atoms with Gasteiger partial charge in [-0.05, 0) is 41.5 Å². The summed E-state index contributed by atoms with van der Waals surface area (Å²) in [7, 11) is 0. The number of fused-ring (bicyclic) bond motifs is 1. The van der Waals surface area contributed by atoms with Crippen LogP contribution in [0.1, 0.15) is 42.9 Å². The van der Waals surface area contributed by atoms with Gasteiger partial charge in [-0.3, -0.25) is 0 Å². The Morgan fingerprint density at radius 1 is 0.917 bits per heavy atom. The lowest BCUT2D eigenvalue weighted by molar-refractivity contribution is -0.224. The van der Waals surface area contributed by atoms with E-state index in [0.29, 0.717) is 5.56 Å². The molecule has 2 aromatic carbocycles. The van der Waals surface area contributed by atoms with Crippen LogP contribution in [0.3, 0.4) is 0 Å². The molecule has 0 amide bonds. The molecule has 0 radical (unpaired) electrons. The quantitative estimate of drug-likeness (QED) is 0.569. The Hall–Kier alpha value is -1.84. The summed E-state index contributed by atoms with van der Waals surface area (Å²) in [5.41, 5.74) is 2.72. The first kappa shape index (κ1) is 17.0. The SMILES string of the molecule is CCCCc1ccc(-c2ccc3c(c2)CCC(F)(F)C3(F)F)cc1. The minimum absolute atomic E-state index is 0.0274. The molecule has 0 saturated carbocycles. The largest absolute Gasteiger partial charge is 0.335 e. The van der Waals surface area contributed by atoms with Crippen molar-refractivity contribution in [1.82, 2.24) is 0 Å². The molecule has 0 bridgehead atoms. The lowest BCUT2D eigenvalue weighted by Gasteiger charge is -2.33. The van der Waals surface area contributed by atoms with Gasteiger partial charge in [0, 0.05) is 12.0 Å². The van der Waals surface area contributed by atoms with Gasteiger partial charge in [-0.2, -0.15) is 17.6 Å². The zero-order valence-electron chi connectivity index (χ0n) is 13.6. The molecule has 2 aromatic rings. The molecular formula is C20H20F4. The summed E-state index contributed by atoms with van der Waals surface area (Å²) in [6.45, 7) is 2.14. The number of hydrogen-bond acceptors (Lipinski definition) is 0. The molecule has 0 atom stereocenters. The van der Waals surface area contributed by atoms with Crippen LogP contribution in [-0.4, -0.2) is 5.92 Å². The van der Waals surface area contributed by atoms with E-state index >= 15 is 0 Å². The van der Waals surface area contributed by atoms with E-state index in [-0.39, 0.29) is 6.42 Å². The van der Waals surface area contributed by atoms with Crippen LogP contribution in [-0.2, 0) is 18.8 Å². The molecule has 0 N–H and O–H groups in total. The van der Waals surface area contributed by atoms with Crippen molar-refractivity contribution in [3.63, 3.8) is 0 Å². The van der Waals surface area contributed by atoms with Crippen LogP contribution in [0.2, 0.25) is 0 Å². The fourth-order valence-corrected chi connectivity index (χ4v) is 3.18. The van der Waals surface area contributed by atoms with Crippen molar-refractivity contribution < 1.29 is 17.6 Å². The van der Waals surface area contributed by atoms with Crippen LogP contribution in [0, 0.1) is 0 Å². The number of benzene rings is 2. The number of rotatable bonds is 4. The van der Waals surface area contributed by atoms with Gasteiger partial charge in [0.2, 0.25) is 0 Å². The first-order chi connectivity index (χ1) is 11.3. The average molecular weight is 336 g/mol. The molecule has 0 saturated heterocycles. The van der Waals surface area contributed by atoms with Crippen LogP contribution in [0.25, 0.3) is 11.1 Å². The maximum absolute atomic E-state index is 13.9. The fraction of sp³-hybridized carbons (Fsp3) is 0.400. The zero-order valence-corrected chi connectivity index (χ0v) is 13.6. The summed E-state index contributed by atoms with van der Waals surface area (Å²) in [5.74, 6) is -8.06. The van der Waals surface area contributed by atoms with E-state index < -0.39 is 23.8 Å². The second-order valence-corrected chi connectivity index (χ2v) is 6.45. The molecule has 1 aliphatic rings. The molecule has 0 nitrogen and oxygen atoms in total. The first-order valence-electron chi connectivity index (χ1n) is 8.33. The Morgan fingerprint density at radius 3 is 2.25 bits per heavy atom. The van der Waals surface area contributed by atoms with E-state index in [2.05, 4.69) is 6.92 Å². The normalized spacial score (nSPS) is 18.2. The molecule has 24 heavy (non-hydrogen) atoms. The first-order valence-corrected chi connectivity index (χ1v) is 8.33. The Labute approximate surface area is 139 Å². The van der Waals surface area contributed by atoms with Crippen LogP contribution in [0.15, 0.2) is 42.5 Å². The van der Waals surface area contributed by atoms with Gasteiger partial charge >= 0.3 is 11.8 Å². The van der Waals surface area contributed by atoms with Gasteiger partial charge in [-0.25, -0.2) is 0 Å². The monoisotopic (exact) mass is 336 g/mol. The maximum atomic E-state index is 13.9. The minimum Gasteiger partial charge on any atom is -0.199 e. The van der Waals surface area contributed by atoms with Crippen molar-refractivity contribution in [3.8, 4) is 11.1 Å². The lowest BCUT2D eigenvalue weighted by Crippen LogP contribution is -2.42. The van der Waals surface area contributed by atoms with Gasteiger partial charge in [0.05, 0.1) is 0 Å². The van der Waals surface area contributed by atoms with Crippen LogP contribution >= 0.6 is 0 Å². The highest BCUT2D eigenvalue weighted by Crippen LogP contribution is 2.50. The van der Waals surface area contributed by atoms with E-state index in [1.54, 1.807) is 6.07 Å². The highest BCUT2D eigenvalue weighted by Gasteiger charge is 2.59. The van der Waals surface area contributed by atoms with Crippen molar-refractivity contribution in [3.05, 3.63) is 59.2 Å². The molecule has 3 rings (SSSR count). The Kier molecular flexibility index (Phi) is 4.41. The topological polar surface area (TPSA) is 0 Å². The summed E-state index contributed by atoms with van der Waals surface area (Å²) >= 11 is 0. The number of hydrogen-bond donors (Lipinski definition) is 0. The molecule has 128 valence electrons. The van der Waals surface area contributed by atoms with Gasteiger partial charge in [-0.1, -0.05) is 55.8 Å². The van der Waals surface area contributed by atoms with E-state index in [4.69, 9.17) is 0 Å². The van der Waals surface area contributed by atoms with Gasteiger partial charge in [-0.15, -0.1) is 0 Å². The van der Waals surface area contributed by atoms with E-state index in [1.807, 2.05) is 24.3 Å². The Bertz CT molecular complexity index is 717. The predicted molar refractivity (Wildman–Crippen MR) is 87.7 cm³/mol. The molecule has 0 fully saturated rings. The molecule has 1 aliphatic carbocycles. The Balaban J connectivity index is 1.90. The van der Waals surface area contributed by atoms with Crippen molar-refractivity contribution in [2.75, 3.05) is 0 Å². The summed E-state index contributed by atoms with van der Waals surface area (Å²) in [6, 6.07) is 12.3. The van der Waals surface area contributed by atoms with E-state index in [9.17, 15) is 17.6 Å². The highest BCUT2D eigenvalue weighted by atomic mass is 19.3. The summed E-state index contributed by atoms with van der Waals surface area (Å²) in [4.78, 5) is 0. The molecular weight excluding hydrogens is 316 g/mol. The van der Waals surface area contributed by atoms with Crippen molar-refractivity contribution >= 4 is 0 Å². The van der Waals surface area contributed by atoms with Crippen LogP contribution < -0.4 is 0 Å². The molecule has 0 spiro atoms. The second-order valence-electron chi connectivity index (χ2n) is 6.45. The van der Waals surface area contributed by atoms with Gasteiger partial charge in [0.1, 0.15) is 0 Å². The molecule has 0 aromatic heterocycles. The third-order valence-corrected chi connectivity index (χ3v) is 4.72. The number of halogens is 4. The van der Waals surface area contributed by atoms with Crippen molar-refractivity contribution in [2.45, 2.75) is 50.9 Å². The number of aryl methyl sites for hydroxylation is 2. The third kappa shape index (κ3) is 2.94. The summed E-state index contributed by atoms with van der Waals surface area (Å²) in [6.07, 6.45) is 2.43. The van der Waals surface area contributed by atoms with E-state index in [0.717, 1.165) is 36.5 Å². The molecule has 0 heterocycles. The molecule has 0 aliphatic heterocycles. The molecule has 4 heteroatoms. The number of alkyl halides is 4.